The predicted octanol–water partition coefficient (Wildman–Crippen LogP) is -2.11. The minimum atomic E-state index is -4.52. The summed E-state index contributed by atoms with van der Waals surface area (Å²) in [6.45, 7) is 0.0441. The lowest BCUT2D eigenvalue weighted by Gasteiger charge is -2.34. The van der Waals surface area contributed by atoms with Gasteiger partial charge in [-0.05, 0) is 0 Å². The second kappa shape index (κ2) is 6.83. The molecule has 0 radical (unpaired) electrons. The van der Waals surface area contributed by atoms with Crippen molar-refractivity contribution in [2.75, 3.05) is 24.6 Å². The Balaban J connectivity index is 1.80. The molecule has 2 aliphatic rings. The number of ether oxygens (including phenoxy) is 1. The molecule has 0 aromatic carbocycles. The number of aromatic nitrogens is 4. The monoisotopic (exact) mass is 419 g/mol. The van der Waals surface area contributed by atoms with Crippen LogP contribution < -0.4 is 21.9 Å². The van der Waals surface area contributed by atoms with Crippen LogP contribution in [0.15, 0.2) is 9.95 Å². The molecule has 0 bridgehead atoms. The van der Waals surface area contributed by atoms with E-state index in [0.717, 1.165) is 0 Å². The van der Waals surface area contributed by atoms with Gasteiger partial charge < -0.3 is 35.3 Å². The molecule has 0 spiro atoms. The third-order valence-corrected chi connectivity index (χ3v) is 6.05. The van der Waals surface area contributed by atoms with Crippen LogP contribution >= 0.6 is 19.6 Å². The Morgan fingerprint density at radius 1 is 1.48 bits per heavy atom. The number of H-pyrrole nitrogens is 1. The van der Waals surface area contributed by atoms with Crippen molar-refractivity contribution >= 4 is 36.7 Å². The molecular formula is C12H16N6O7PS-. The van der Waals surface area contributed by atoms with Crippen molar-refractivity contribution in [2.45, 2.75) is 29.7 Å². The molecule has 148 valence electrons. The number of nitrogen functional groups attached to an aromatic ring is 1. The van der Waals surface area contributed by atoms with Gasteiger partial charge in [-0.3, -0.25) is 18.9 Å². The maximum absolute atomic E-state index is 12.2. The van der Waals surface area contributed by atoms with Gasteiger partial charge in [0.25, 0.3) is 13.4 Å². The van der Waals surface area contributed by atoms with Gasteiger partial charge in [0.1, 0.15) is 18.3 Å². The van der Waals surface area contributed by atoms with Crippen molar-refractivity contribution in [3.05, 3.63) is 10.4 Å². The van der Waals surface area contributed by atoms with E-state index in [0.29, 0.717) is 17.5 Å². The minimum Gasteiger partial charge on any atom is -0.756 e. The summed E-state index contributed by atoms with van der Waals surface area (Å²) in [6.07, 6.45) is -4.47. The van der Waals surface area contributed by atoms with Crippen LogP contribution in [0, 0.1) is 0 Å². The smallest absolute Gasteiger partial charge is 0.280 e. The molecule has 2 aromatic heterocycles. The Morgan fingerprint density at radius 2 is 2.26 bits per heavy atom. The number of hydrogen-bond acceptors (Lipinski definition) is 12. The molecule has 0 amide bonds. The number of anilines is 1. The molecule has 13 nitrogen and oxygen atoms in total. The average Bonchev–Trinajstić information content (AvgIpc) is 3.10. The van der Waals surface area contributed by atoms with Crippen LogP contribution in [0.4, 0.5) is 5.95 Å². The number of nitrogens with one attached hydrogen (secondary N) is 1. The molecule has 2 fully saturated rings. The molecule has 27 heavy (non-hydrogen) atoms. The average molecular weight is 419 g/mol. The fourth-order valence-electron chi connectivity index (χ4n) is 3.00. The van der Waals surface area contributed by atoms with Crippen molar-refractivity contribution in [2.24, 2.45) is 5.73 Å². The van der Waals surface area contributed by atoms with Crippen LogP contribution in [0.25, 0.3) is 11.2 Å². The number of aliphatic hydroxyl groups is 1. The van der Waals surface area contributed by atoms with E-state index >= 15 is 0 Å². The molecule has 4 heterocycles. The summed E-state index contributed by atoms with van der Waals surface area (Å²) in [5.41, 5.74) is 10.7. The highest BCUT2D eigenvalue weighted by atomic mass is 32.2. The number of fused-ring (bicyclic) bond motifs is 2. The highest BCUT2D eigenvalue weighted by molar-refractivity contribution is 7.99. The summed E-state index contributed by atoms with van der Waals surface area (Å²) >= 11 is 1.22. The van der Waals surface area contributed by atoms with E-state index in [1.54, 1.807) is 0 Å². The van der Waals surface area contributed by atoms with Crippen LogP contribution in [0.3, 0.4) is 0 Å². The third-order valence-electron chi connectivity index (χ3n) is 4.10. The lowest BCUT2D eigenvalue weighted by atomic mass is 10.1. The fraction of sp³-hybridized carbons (Fsp3) is 0.583. The van der Waals surface area contributed by atoms with E-state index < -0.39 is 37.9 Å². The maximum Gasteiger partial charge on any atom is 0.280 e. The number of nitrogens with two attached hydrogens (primary N) is 2. The maximum atomic E-state index is 12.2. The van der Waals surface area contributed by atoms with Gasteiger partial charge in [-0.2, -0.15) is 4.98 Å². The summed E-state index contributed by atoms with van der Waals surface area (Å²) in [5, 5.41) is 11.0. The number of imidazole rings is 1. The first-order valence-corrected chi connectivity index (χ1v) is 10.3. The molecule has 4 rings (SSSR count). The van der Waals surface area contributed by atoms with Gasteiger partial charge in [-0.1, -0.05) is 11.8 Å². The largest absolute Gasteiger partial charge is 0.756 e. The Kier molecular flexibility index (Phi) is 4.76. The summed E-state index contributed by atoms with van der Waals surface area (Å²) in [4.78, 5) is 34.4. The van der Waals surface area contributed by atoms with Gasteiger partial charge in [0.2, 0.25) is 5.95 Å². The van der Waals surface area contributed by atoms with Crippen LogP contribution in [0.5, 0.6) is 0 Å². The van der Waals surface area contributed by atoms with Gasteiger partial charge in [-0.25, -0.2) is 4.98 Å². The van der Waals surface area contributed by atoms with Crippen LogP contribution in [-0.4, -0.2) is 61.8 Å². The number of aliphatic hydroxyl groups excluding tert-OH is 1. The van der Waals surface area contributed by atoms with Crippen molar-refractivity contribution < 1.29 is 28.3 Å². The first kappa shape index (κ1) is 18.8. The molecule has 5 unspecified atom stereocenters. The van der Waals surface area contributed by atoms with Gasteiger partial charge in [0.05, 0.1) is 6.61 Å². The van der Waals surface area contributed by atoms with Gasteiger partial charge in [0, 0.05) is 12.3 Å². The summed E-state index contributed by atoms with van der Waals surface area (Å²) in [5.74, 6) is 0.333. The van der Waals surface area contributed by atoms with Crippen molar-refractivity contribution in [1.82, 2.24) is 19.5 Å². The number of rotatable bonds is 4. The number of hydrogen-bond donors (Lipinski definition) is 4. The van der Waals surface area contributed by atoms with E-state index in [1.165, 1.54) is 16.3 Å². The van der Waals surface area contributed by atoms with E-state index in [1.807, 2.05) is 0 Å². The lowest BCUT2D eigenvalue weighted by molar-refractivity contribution is -0.245. The van der Waals surface area contributed by atoms with Crippen molar-refractivity contribution in [3.63, 3.8) is 0 Å². The SMILES string of the molecule is NCCSc1nc2c(=O)[nH]c(N)nc2n1C1OC2COP(=O)([O-])OC2C1O. The summed E-state index contributed by atoms with van der Waals surface area (Å²) < 4.78 is 28.2. The second-order valence-electron chi connectivity index (χ2n) is 5.89. The molecule has 0 saturated carbocycles. The summed E-state index contributed by atoms with van der Waals surface area (Å²) in [7, 11) is -4.52. The molecule has 15 heteroatoms. The standard InChI is InChI=1S/C12H17N6O7PS/c13-1-2-27-12-15-5-8(16-11(14)17-9(5)20)18(12)10-6(19)7-4(24-10)3-23-26(21,22)25-7/h4,6-7,10,19H,1-3,13H2,(H,21,22)(H3,14,16,17,20)/p-1. The Labute approximate surface area is 155 Å². The zero-order chi connectivity index (χ0) is 19.3. The molecule has 2 aliphatic heterocycles. The van der Waals surface area contributed by atoms with E-state index in [9.17, 15) is 19.4 Å². The number of thioether (sulfide) groups is 1. The summed E-state index contributed by atoms with van der Waals surface area (Å²) in [6, 6.07) is 0. The van der Waals surface area contributed by atoms with E-state index in [4.69, 9.17) is 20.7 Å². The molecular weight excluding hydrogens is 403 g/mol. The van der Waals surface area contributed by atoms with E-state index in [-0.39, 0.29) is 23.7 Å². The fourth-order valence-corrected chi connectivity index (χ4v) is 4.74. The Bertz CT molecular complexity index is 981. The normalized spacial score (nSPS) is 33.4. The number of aromatic amines is 1. The van der Waals surface area contributed by atoms with Crippen molar-refractivity contribution in [3.8, 4) is 0 Å². The first-order chi connectivity index (χ1) is 12.8. The first-order valence-electron chi connectivity index (χ1n) is 7.89. The minimum absolute atomic E-state index is 0.000980. The topological polar surface area (TPSA) is 204 Å². The number of phosphoric ester groups is 1. The molecule has 2 saturated heterocycles. The van der Waals surface area contributed by atoms with Crippen LogP contribution in [0.1, 0.15) is 6.23 Å². The van der Waals surface area contributed by atoms with Gasteiger partial charge >= 0.3 is 0 Å². The third kappa shape index (κ3) is 3.28. The van der Waals surface area contributed by atoms with Gasteiger partial charge in [0.15, 0.2) is 22.5 Å². The second-order valence-corrected chi connectivity index (χ2v) is 8.32. The Hall–Kier alpha value is -1.51. The quantitative estimate of drug-likeness (QED) is 0.311. The molecule has 6 N–H and O–H groups in total. The number of nitrogens with zero attached hydrogens (tertiary/aromatic N) is 3. The van der Waals surface area contributed by atoms with Gasteiger partial charge in [-0.15, -0.1) is 0 Å². The van der Waals surface area contributed by atoms with Crippen LogP contribution in [0.2, 0.25) is 0 Å². The Morgan fingerprint density at radius 3 is 3.00 bits per heavy atom. The van der Waals surface area contributed by atoms with Crippen LogP contribution in [-0.2, 0) is 18.3 Å². The highest BCUT2D eigenvalue weighted by Gasteiger charge is 2.51. The zero-order valence-corrected chi connectivity index (χ0v) is 15.4. The van der Waals surface area contributed by atoms with E-state index in [2.05, 4.69) is 19.5 Å². The molecule has 0 aliphatic carbocycles. The zero-order valence-electron chi connectivity index (χ0n) is 13.7. The lowest BCUT2D eigenvalue weighted by Crippen LogP contribution is -2.41. The van der Waals surface area contributed by atoms with Crippen molar-refractivity contribution in [1.29, 1.82) is 0 Å². The predicted molar refractivity (Wildman–Crippen MR) is 90.7 cm³/mol. The highest BCUT2D eigenvalue weighted by Crippen LogP contribution is 2.50. The molecule has 2 aromatic rings. The molecule has 5 atom stereocenters. The number of phosphoric acid groups is 1.